The van der Waals surface area contributed by atoms with Crippen LogP contribution in [0.1, 0.15) is 37.3 Å². The predicted octanol–water partition coefficient (Wildman–Crippen LogP) is 3.57. The molecule has 1 aliphatic rings. The van der Waals surface area contributed by atoms with Crippen molar-refractivity contribution in [2.75, 3.05) is 25.1 Å². The molecule has 2 atom stereocenters. The molecule has 0 bridgehead atoms. The Morgan fingerprint density at radius 2 is 1.77 bits per heavy atom. The van der Waals surface area contributed by atoms with Crippen molar-refractivity contribution in [2.24, 2.45) is 0 Å². The highest BCUT2D eigenvalue weighted by Gasteiger charge is 2.25. The first kappa shape index (κ1) is 26.2. The zero-order valence-electron chi connectivity index (χ0n) is 19.9. The SMILES string of the molecule is CCOC(=O)Cc1ccc(NC(=O)[C@H](COC2CCCCO2)NC(=O)OCc2ccccc2)cc1. The van der Waals surface area contributed by atoms with Crippen LogP contribution in [-0.4, -0.2) is 50.1 Å². The fourth-order valence-corrected chi connectivity index (χ4v) is 3.45. The minimum absolute atomic E-state index is 0.0715. The van der Waals surface area contributed by atoms with E-state index in [0.717, 1.165) is 30.4 Å². The van der Waals surface area contributed by atoms with Crippen molar-refractivity contribution in [3.8, 4) is 0 Å². The third kappa shape index (κ3) is 9.38. The highest BCUT2D eigenvalue weighted by molar-refractivity contribution is 5.96. The Hall–Kier alpha value is -3.43. The van der Waals surface area contributed by atoms with E-state index in [0.29, 0.717) is 18.9 Å². The molecule has 1 aliphatic heterocycles. The van der Waals surface area contributed by atoms with Crippen LogP contribution in [0, 0.1) is 0 Å². The minimum Gasteiger partial charge on any atom is -0.466 e. The topological polar surface area (TPSA) is 112 Å². The molecule has 1 fully saturated rings. The standard InChI is InChI=1S/C26H32N2O7/c1-2-32-23(29)16-19-11-13-21(14-12-19)27-25(30)22(18-34-24-10-6-7-15-33-24)28-26(31)35-17-20-8-4-3-5-9-20/h3-5,8-9,11-14,22,24H,2,6-7,10,15-18H2,1H3,(H,27,30)(H,28,31)/t22-,24?/m0/s1. The Kier molecular flexibility index (Phi) is 10.5. The molecule has 1 heterocycles. The van der Waals surface area contributed by atoms with Crippen LogP contribution in [0.3, 0.4) is 0 Å². The predicted molar refractivity (Wildman–Crippen MR) is 129 cm³/mol. The molecule has 2 aromatic rings. The molecule has 188 valence electrons. The molecule has 0 radical (unpaired) electrons. The minimum atomic E-state index is -0.997. The fourth-order valence-electron chi connectivity index (χ4n) is 3.45. The van der Waals surface area contributed by atoms with Gasteiger partial charge < -0.3 is 29.6 Å². The number of hydrogen-bond donors (Lipinski definition) is 2. The lowest BCUT2D eigenvalue weighted by atomic mass is 10.1. The van der Waals surface area contributed by atoms with Gasteiger partial charge in [-0.1, -0.05) is 42.5 Å². The summed E-state index contributed by atoms with van der Waals surface area (Å²) in [7, 11) is 0. The van der Waals surface area contributed by atoms with E-state index in [4.69, 9.17) is 18.9 Å². The summed E-state index contributed by atoms with van der Waals surface area (Å²) in [6, 6.07) is 15.1. The van der Waals surface area contributed by atoms with Gasteiger partial charge in [-0.05, 0) is 49.4 Å². The smallest absolute Gasteiger partial charge is 0.408 e. The first-order valence-electron chi connectivity index (χ1n) is 11.8. The van der Waals surface area contributed by atoms with Crippen LogP contribution in [0.2, 0.25) is 0 Å². The average Bonchev–Trinajstić information content (AvgIpc) is 2.88. The number of amides is 2. The summed E-state index contributed by atoms with van der Waals surface area (Å²) in [6.07, 6.45) is 1.69. The van der Waals surface area contributed by atoms with E-state index in [2.05, 4.69) is 10.6 Å². The molecule has 9 heteroatoms. The Morgan fingerprint density at radius 3 is 2.46 bits per heavy atom. The van der Waals surface area contributed by atoms with Gasteiger partial charge in [0, 0.05) is 12.3 Å². The van der Waals surface area contributed by atoms with Gasteiger partial charge in [0.05, 0.1) is 19.6 Å². The van der Waals surface area contributed by atoms with E-state index >= 15 is 0 Å². The third-order valence-corrected chi connectivity index (χ3v) is 5.28. The summed E-state index contributed by atoms with van der Waals surface area (Å²) in [5.41, 5.74) is 2.11. The molecular weight excluding hydrogens is 452 g/mol. The third-order valence-electron chi connectivity index (χ3n) is 5.28. The van der Waals surface area contributed by atoms with Gasteiger partial charge in [-0.3, -0.25) is 9.59 Å². The molecule has 1 unspecified atom stereocenters. The van der Waals surface area contributed by atoms with Gasteiger partial charge >= 0.3 is 12.1 Å². The van der Waals surface area contributed by atoms with Gasteiger partial charge in [0.1, 0.15) is 12.6 Å². The normalized spacial score (nSPS) is 16.1. The van der Waals surface area contributed by atoms with E-state index in [1.54, 1.807) is 31.2 Å². The van der Waals surface area contributed by atoms with Crippen molar-refractivity contribution in [1.82, 2.24) is 5.32 Å². The zero-order valence-corrected chi connectivity index (χ0v) is 19.9. The second kappa shape index (κ2) is 14.1. The molecule has 2 amide bonds. The monoisotopic (exact) mass is 484 g/mol. The van der Waals surface area contributed by atoms with Crippen LogP contribution in [0.5, 0.6) is 0 Å². The molecule has 3 rings (SSSR count). The van der Waals surface area contributed by atoms with Gasteiger partial charge in [-0.2, -0.15) is 0 Å². The summed E-state index contributed by atoms with van der Waals surface area (Å²) < 4.78 is 21.5. The first-order valence-corrected chi connectivity index (χ1v) is 11.8. The van der Waals surface area contributed by atoms with E-state index in [9.17, 15) is 14.4 Å². The number of ether oxygens (including phenoxy) is 4. The summed E-state index contributed by atoms with van der Waals surface area (Å²) in [5, 5.41) is 5.35. The van der Waals surface area contributed by atoms with Crippen LogP contribution < -0.4 is 10.6 Å². The number of nitrogens with one attached hydrogen (secondary N) is 2. The molecule has 0 saturated carbocycles. The number of carbonyl (C=O) groups is 3. The number of rotatable bonds is 11. The molecule has 35 heavy (non-hydrogen) atoms. The molecule has 1 saturated heterocycles. The van der Waals surface area contributed by atoms with Crippen molar-refractivity contribution < 1.29 is 33.3 Å². The molecule has 0 aromatic heterocycles. The number of hydrogen-bond acceptors (Lipinski definition) is 7. The second-order valence-electron chi connectivity index (χ2n) is 8.06. The van der Waals surface area contributed by atoms with E-state index in [-0.39, 0.29) is 25.6 Å². The number of alkyl carbamates (subject to hydrolysis) is 1. The van der Waals surface area contributed by atoms with Crippen molar-refractivity contribution in [1.29, 1.82) is 0 Å². The number of benzene rings is 2. The van der Waals surface area contributed by atoms with Crippen LogP contribution >= 0.6 is 0 Å². The van der Waals surface area contributed by atoms with Gasteiger partial charge in [-0.15, -0.1) is 0 Å². The Morgan fingerprint density at radius 1 is 1.00 bits per heavy atom. The van der Waals surface area contributed by atoms with E-state index in [1.807, 2.05) is 30.3 Å². The first-order chi connectivity index (χ1) is 17.0. The largest absolute Gasteiger partial charge is 0.466 e. The van der Waals surface area contributed by atoms with Crippen LogP contribution in [0.4, 0.5) is 10.5 Å². The Balaban J connectivity index is 1.57. The highest BCUT2D eigenvalue weighted by atomic mass is 16.7. The lowest BCUT2D eigenvalue weighted by molar-refractivity contribution is -0.167. The zero-order chi connectivity index (χ0) is 24.9. The fraction of sp³-hybridized carbons (Fsp3) is 0.423. The Labute approximate surface area is 205 Å². The maximum Gasteiger partial charge on any atom is 0.408 e. The van der Waals surface area contributed by atoms with Gasteiger partial charge in [0.25, 0.3) is 0 Å². The summed E-state index contributed by atoms with van der Waals surface area (Å²) in [6.45, 7) is 2.69. The van der Waals surface area contributed by atoms with E-state index in [1.165, 1.54) is 0 Å². The average molecular weight is 485 g/mol. The van der Waals surface area contributed by atoms with E-state index < -0.39 is 24.3 Å². The second-order valence-corrected chi connectivity index (χ2v) is 8.06. The molecule has 0 aliphatic carbocycles. The van der Waals surface area contributed by atoms with Gasteiger partial charge in [0.2, 0.25) is 5.91 Å². The highest BCUT2D eigenvalue weighted by Crippen LogP contribution is 2.15. The lowest BCUT2D eigenvalue weighted by Gasteiger charge is -2.25. The number of esters is 1. The molecule has 2 aromatic carbocycles. The molecule has 0 spiro atoms. The maximum atomic E-state index is 13.0. The van der Waals surface area contributed by atoms with Crippen molar-refractivity contribution in [3.05, 3.63) is 65.7 Å². The van der Waals surface area contributed by atoms with Crippen LogP contribution in [0.25, 0.3) is 0 Å². The molecule has 2 N–H and O–H groups in total. The van der Waals surface area contributed by atoms with Gasteiger partial charge in [-0.25, -0.2) is 4.79 Å². The number of carbonyl (C=O) groups excluding carboxylic acids is 3. The van der Waals surface area contributed by atoms with Crippen molar-refractivity contribution in [2.45, 2.75) is 51.5 Å². The van der Waals surface area contributed by atoms with Gasteiger partial charge in [0.15, 0.2) is 6.29 Å². The van der Waals surface area contributed by atoms with Crippen LogP contribution in [0.15, 0.2) is 54.6 Å². The van der Waals surface area contributed by atoms with Crippen molar-refractivity contribution in [3.63, 3.8) is 0 Å². The lowest BCUT2D eigenvalue weighted by Crippen LogP contribution is -2.47. The molecule has 9 nitrogen and oxygen atoms in total. The summed E-state index contributed by atoms with van der Waals surface area (Å²) >= 11 is 0. The Bertz CT molecular complexity index is 944. The summed E-state index contributed by atoms with van der Waals surface area (Å²) in [5.74, 6) is -0.778. The maximum absolute atomic E-state index is 13.0. The van der Waals surface area contributed by atoms with Crippen LogP contribution in [-0.2, 0) is 41.6 Å². The quantitative estimate of drug-likeness (QED) is 0.469. The summed E-state index contributed by atoms with van der Waals surface area (Å²) in [4.78, 5) is 37.0. The molecular formula is C26H32N2O7. The number of anilines is 1. The van der Waals surface area contributed by atoms with Crippen molar-refractivity contribution >= 4 is 23.7 Å².